The Kier molecular flexibility index (Phi) is 8.44. The molecule has 216 valence electrons. The van der Waals surface area contributed by atoms with Crippen LogP contribution in [0, 0.1) is 46.3 Å². The standard InChI is InChI=1S/C34H57NO3/c1-7-35-21-25(36)20-31(35)32(37)38-26-15-17-33(5)24(19-26)11-12-27-29-14-13-28(23(4)10-8-9-22(2)3)34(29,6)18-16-30(27)33/h11,22-23,25-31,36H,7-10,12-21H2,1-6H3/t23-,25-,26+,27+,28-,29+,30+,31-,33+,34-/m1/s1. The van der Waals surface area contributed by atoms with Gasteiger partial charge in [-0.1, -0.05) is 72.5 Å². The summed E-state index contributed by atoms with van der Waals surface area (Å²) in [7, 11) is 0. The number of rotatable bonds is 8. The second-order valence-electron chi connectivity index (χ2n) is 15.1. The third-order valence-corrected chi connectivity index (χ3v) is 12.6. The Bertz CT molecular complexity index is 883. The number of ether oxygens (including phenoxy) is 1. The van der Waals surface area contributed by atoms with Crippen LogP contribution in [0.25, 0.3) is 0 Å². The fourth-order valence-electron chi connectivity index (χ4n) is 10.5. The van der Waals surface area contributed by atoms with Crippen molar-refractivity contribution in [2.24, 2.45) is 46.3 Å². The van der Waals surface area contributed by atoms with Gasteiger partial charge in [-0.05, 0) is 97.8 Å². The zero-order valence-electron chi connectivity index (χ0n) is 25.4. The van der Waals surface area contributed by atoms with Crippen molar-refractivity contribution in [3.63, 3.8) is 0 Å². The number of likely N-dealkylation sites (N-methyl/N-ethyl adjacent to an activating group) is 1. The van der Waals surface area contributed by atoms with Crippen LogP contribution in [0.1, 0.15) is 119 Å². The summed E-state index contributed by atoms with van der Waals surface area (Å²) in [5.41, 5.74) is 2.40. The number of likely N-dealkylation sites (tertiary alicyclic amines) is 1. The van der Waals surface area contributed by atoms with Crippen molar-refractivity contribution in [3.05, 3.63) is 11.6 Å². The Morgan fingerprint density at radius 2 is 1.89 bits per heavy atom. The highest BCUT2D eigenvalue weighted by Crippen LogP contribution is 2.67. The van der Waals surface area contributed by atoms with Crippen LogP contribution in [0.3, 0.4) is 0 Å². The summed E-state index contributed by atoms with van der Waals surface area (Å²) >= 11 is 0. The first-order valence-corrected chi connectivity index (χ1v) is 16.4. The predicted octanol–water partition coefficient (Wildman–Crippen LogP) is 7.39. The van der Waals surface area contributed by atoms with Crippen molar-refractivity contribution < 1.29 is 14.6 Å². The lowest BCUT2D eigenvalue weighted by Gasteiger charge is -2.58. The van der Waals surface area contributed by atoms with Crippen molar-refractivity contribution in [2.75, 3.05) is 13.1 Å². The van der Waals surface area contributed by atoms with Crippen molar-refractivity contribution >= 4 is 5.97 Å². The topological polar surface area (TPSA) is 49.8 Å². The van der Waals surface area contributed by atoms with Crippen LogP contribution in [-0.2, 0) is 9.53 Å². The summed E-state index contributed by atoms with van der Waals surface area (Å²) in [4.78, 5) is 15.1. The van der Waals surface area contributed by atoms with E-state index in [0.717, 1.165) is 61.3 Å². The van der Waals surface area contributed by atoms with E-state index in [1.807, 2.05) is 0 Å². The minimum atomic E-state index is -0.407. The maximum Gasteiger partial charge on any atom is 0.323 e. The summed E-state index contributed by atoms with van der Waals surface area (Å²) in [6.45, 7) is 16.0. The molecule has 3 saturated carbocycles. The lowest BCUT2D eigenvalue weighted by molar-refractivity contribution is -0.157. The molecule has 0 bridgehead atoms. The summed E-state index contributed by atoms with van der Waals surface area (Å²) in [5, 5.41) is 10.1. The molecule has 5 rings (SSSR count). The molecule has 0 aromatic heterocycles. The second kappa shape index (κ2) is 11.2. The van der Waals surface area contributed by atoms with Gasteiger partial charge in [0.15, 0.2) is 0 Å². The van der Waals surface area contributed by atoms with Crippen molar-refractivity contribution in [2.45, 2.75) is 137 Å². The first-order valence-electron chi connectivity index (χ1n) is 16.4. The molecule has 0 aromatic rings. The van der Waals surface area contributed by atoms with Crippen LogP contribution in [0.4, 0.5) is 0 Å². The SMILES string of the molecule is CCN1C[C@H](O)C[C@@H]1C(=O)O[C@H]1CC[C@@]2(C)C(=CC[C@H]3[C@@H]4CC[C@H]([C@H](C)CCCC(C)C)[C@@]4(C)CC[C@@H]32)C1. The Morgan fingerprint density at radius 3 is 2.63 bits per heavy atom. The molecular formula is C34H57NO3. The zero-order valence-corrected chi connectivity index (χ0v) is 25.4. The first kappa shape index (κ1) is 28.7. The number of hydrogen-bond donors (Lipinski definition) is 1. The van der Waals surface area contributed by atoms with Gasteiger partial charge in [-0.2, -0.15) is 0 Å². The molecule has 4 fully saturated rings. The van der Waals surface area contributed by atoms with Crippen LogP contribution >= 0.6 is 0 Å². The van der Waals surface area contributed by atoms with E-state index < -0.39 is 6.10 Å². The molecule has 0 unspecified atom stereocenters. The number of fused-ring (bicyclic) bond motifs is 5. The Morgan fingerprint density at radius 1 is 1.11 bits per heavy atom. The molecule has 4 heteroatoms. The van der Waals surface area contributed by atoms with Gasteiger partial charge in [0, 0.05) is 19.4 Å². The summed E-state index contributed by atoms with van der Waals surface area (Å²) in [6.07, 6.45) is 16.9. The van der Waals surface area contributed by atoms with Crippen LogP contribution in [0.15, 0.2) is 11.6 Å². The maximum atomic E-state index is 13.0. The minimum absolute atomic E-state index is 0.00577. The van der Waals surface area contributed by atoms with E-state index in [2.05, 4.69) is 52.5 Å². The molecule has 0 aromatic carbocycles. The number of allylic oxidation sites excluding steroid dienone is 1. The van der Waals surface area contributed by atoms with Gasteiger partial charge in [0.25, 0.3) is 0 Å². The molecule has 1 N–H and O–H groups in total. The maximum absolute atomic E-state index is 13.0. The van der Waals surface area contributed by atoms with Crippen LogP contribution in [0.5, 0.6) is 0 Å². The second-order valence-corrected chi connectivity index (χ2v) is 15.1. The van der Waals surface area contributed by atoms with Crippen molar-refractivity contribution in [3.8, 4) is 0 Å². The highest BCUT2D eigenvalue weighted by Gasteiger charge is 2.59. The number of esters is 1. The molecule has 10 atom stereocenters. The molecule has 5 aliphatic rings. The van der Waals surface area contributed by atoms with Gasteiger partial charge in [-0.15, -0.1) is 0 Å². The van der Waals surface area contributed by atoms with Gasteiger partial charge in [0.05, 0.1) is 6.10 Å². The first-order chi connectivity index (χ1) is 18.1. The molecule has 0 amide bonds. The number of hydrogen-bond acceptors (Lipinski definition) is 4. The molecule has 1 aliphatic heterocycles. The smallest absolute Gasteiger partial charge is 0.323 e. The normalized spacial score (nSPS) is 43.8. The third kappa shape index (κ3) is 5.15. The van der Waals surface area contributed by atoms with Gasteiger partial charge in [0.1, 0.15) is 12.1 Å². The Labute approximate surface area is 233 Å². The number of aliphatic hydroxyl groups is 1. The Balaban J connectivity index is 1.23. The van der Waals surface area contributed by atoms with Gasteiger partial charge in [0.2, 0.25) is 0 Å². The van der Waals surface area contributed by atoms with E-state index in [4.69, 9.17) is 4.74 Å². The van der Waals surface area contributed by atoms with E-state index in [9.17, 15) is 9.90 Å². The molecule has 1 heterocycles. The highest BCUT2D eigenvalue weighted by molar-refractivity contribution is 5.76. The molecule has 0 radical (unpaired) electrons. The quantitative estimate of drug-likeness (QED) is 0.264. The summed E-state index contributed by atoms with van der Waals surface area (Å²) < 4.78 is 6.13. The predicted molar refractivity (Wildman–Crippen MR) is 155 cm³/mol. The fraction of sp³-hybridized carbons (Fsp3) is 0.912. The molecule has 4 nitrogen and oxygen atoms in total. The van der Waals surface area contributed by atoms with E-state index in [0.29, 0.717) is 18.4 Å². The number of carbonyl (C=O) groups is 1. The minimum Gasteiger partial charge on any atom is -0.461 e. The summed E-state index contributed by atoms with van der Waals surface area (Å²) in [6, 6.07) is -0.271. The van der Waals surface area contributed by atoms with E-state index in [1.165, 1.54) is 51.4 Å². The van der Waals surface area contributed by atoms with E-state index in [-0.39, 0.29) is 23.5 Å². The molecule has 4 aliphatic carbocycles. The molecular weight excluding hydrogens is 470 g/mol. The monoisotopic (exact) mass is 527 g/mol. The number of nitrogens with zero attached hydrogens (tertiary/aromatic N) is 1. The summed E-state index contributed by atoms with van der Waals surface area (Å²) in [5.74, 6) is 5.01. The van der Waals surface area contributed by atoms with Crippen LogP contribution < -0.4 is 0 Å². The van der Waals surface area contributed by atoms with E-state index in [1.54, 1.807) is 5.57 Å². The van der Waals surface area contributed by atoms with Gasteiger partial charge >= 0.3 is 5.97 Å². The average Bonchev–Trinajstić information content (AvgIpc) is 3.43. The van der Waals surface area contributed by atoms with Gasteiger partial charge in [-0.25, -0.2) is 0 Å². The fourth-order valence-corrected chi connectivity index (χ4v) is 10.5. The molecule has 38 heavy (non-hydrogen) atoms. The van der Waals surface area contributed by atoms with Crippen LogP contribution in [-0.4, -0.2) is 47.3 Å². The average molecular weight is 528 g/mol. The van der Waals surface area contributed by atoms with Gasteiger partial charge < -0.3 is 9.84 Å². The van der Waals surface area contributed by atoms with E-state index >= 15 is 0 Å². The van der Waals surface area contributed by atoms with Crippen LogP contribution in [0.2, 0.25) is 0 Å². The zero-order chi connectivity index (χ0) is 27.2. The lowest BCUT2D eigenvalue weighted by atomic mass is 9.47. The van der Waals surface area contributed by atoms with Gasteiger partial charge in [-0.3, -0.25) is 9.69 Å². The van der Waals surface area contributed by atoms with Crippen molar-refractivity contribution in [1.82, 2.24) is 4.90 Å². The number of β-amino-alcohol motifs (C(OH)–C–C–N with tert-alkyl or cyclic N) is 1. The molecule has 1 saturated heterocycles. The highest BCUT2D eigenvalue weighted by atomic mass is 16.5. The molecule has 0 spiro atoms. The third-order valence-electron chi connectivity index (χ3n) is 12.6. The largest absolute Gasteiger partial charge is 0.461 e. The number of carbonyl (C=O) groups excluding carboxylic acids is 1. The Hall–Kier alpha value is -0.870. The van der Waals surface area contributed by atoms with Crippen molar-refractivity contribution in [1.29, 1.82) is 0 Å². The number of aliphatic hydroxyl groups excluding tert-OH is 1. The lowest BCUT2D eigenvalue weighted by Crippen LogP contribution is -2.51.